The lowest BCUT2D eigenvalue weighted by Gasteiger charge is -2.13. The second-order valence-corrected chi connectivity index (χ2v) is 3.30. The van der Waals surface area contributed by atoms with Gasteiger partial charge < -0.3 is 10.4 Å². The third kappa shape index (κ3) is 2.48. The van der Waals surface area contributed by atoms with Gasteiger partial charge in [0.15, 0.2) is 0 Å². The van der Waals surface area contributed by atoms with Gasteiger partial charge in [-0.15, -0.1) is 0 Å². The van der Waals surface area contributed by atoms with E-state index >= 15 is 0 Å². The SMILES string of the molecule is CCc1cccc(NCCO)c1CC. The van der Waals surface area contributed by atoms with E-state index in [9.17, 15) is 0 Å². The Bertz CT molecular complexity index is 284. The summed E-state index contributed by atoms with van der Waals surface area (Å²) in [6.45, 7) is 5.14. The summed E-state index contributed by atoms with van der Waals surface area (Å²) in [7, 11) is 0. The molecule has 0 radical (unpaired) electrons. The first-order valence-corrected chi connectivity index (χ1v) is 5.29. The molecule has 2 heteroatoms. The highest BCUT2D eigenvalue weighted by atomic mass is 16.3. The molecule has 0 heterocycles. The first kappa shape index (κ1) is 11.1. The van der Waals surface area contributed by atoms with E-state index in [2.05, 4.69) is 37.4 Å². The smallest absolute Gasteiger partial charge is 0.0604 e. The normalized spacial score (nSPS) is 10.2. The molecule has 0 spiro atoms. The van der Waals surface area contributed by atoms with E-state index in [0.717, 1.165) is 12.8 Å². The molecule has 78 valence electrons. The van der Waals surface area contributed by atoms with Gasteiger partial charge in [-0.25, -0.2) is 0 Å². The molecule has 0 bridgehead atoms. The molecule has 0 atom stereocenters. The van der Waals surface area contributed by atoms with Gasteiger partial charge in [0.05, 0.1) is 6.61 Å². The van der Waals surface area contributed by atoms with Crippen molar-refractivity contribution >= 4 is 5.69 Å². The van der Waals surface area contributed by atoms with Gasteiger partial charge in [0.1, 0.15) is 0 Å². The maximum atomic E-state index is 8.76. The highest BCUT2D eigenvalue weighted by Gasteiger charge is 2.03. The van der Waals surface area contributed by atoms with Crippen LogP contribution in [0.3, 0.4) is 0 Å². The van der Waals surface area contributed by atoms with Crippen molar-refractivity contribution in [2.75, 3.05) is 18.5 Å². The van der Waals surface area contributed by atoms with Crippen molar-refractivity contribution < 1.29 is 5.11 Å². The Morgan fingerprint density at radius 1 is 1.21 bits per heavy atom. The summed E-state index contributed by atoms with van der Waals surface area (Å²) in [4.78, 5) is 0. The van der Waals surface area contributed by atoms with Crippen LogP contribution >= 0.6 is 0 Å². The van der Waals surface area contributed by atoms with Crippen LogP contribution < -0.4 is 5.32 Å². The fourth-order valence-corrected chi connectivity index (χ4v) is 1.74. The van der Waals surface area contributed by atoms with Gasteiger partial charge >= 0.3 is 0 Å². The van der Waals surface area contributed by atoms with Crippen molar-refractivity contribution in [2.45, 2.75) is 26.7 Å². The third-order valence-corrected chi connectivity index (χ3v) is 2.43. The van der Waals surface area contributed by atoms with Crippen molar-refractivity contribution in [1.82, 2.24) is 0 Å². The molecule has 0 aliphatic rings. The molecule has 0 aliphatic heterocycles. The summed E-state index contributed by atoms with van der Waals surface area (Å²) in [6.07, 6.45) is 2.11. The highest BCUT2D eigenvalue weighted by Crippen LogP contribution is 2.20. The number of aryl methyl sites for hydroxylation is 1. The molecular weight excluding hydrogens is 174 g/mol. The molecule has 14 heavy (non-hydrogen) atoms. The molecule has 0 aromatic heterocycles. The molecule has 2 N–H and O–H groups in total. The molecule has 0 aliphatic carbocycles. The maximum Gasteiger partial charge on any atom is 0.0604 e. The summed E-state index contributed by atoms with van der Waals surface area (Å²) in [5.41, 5.74) is 3.94. The highest BCUT2D eigenvalue weighted by molar-refractivity contribution is 5.54. The van der Waals surface area contributed by atoms with E-state index in [1.54, 1.807) is 0 Å². The fourth-order valence-electron chi connectivity index (χ4n) is 1.74. The Morgan fingerprint density at radius 2 is 2.00 bits per heavy atom. The Balaban J connectivity index is 2.90. The Kier molecular flexibility index (Phi) is 4.47. The second kappa shape index (κ2) is 5.66. The number of benzene rings is 1. The average Bonchev–Trinajstić information content (AvgIpc) is 2.25. The molecule has 0 amide bonds. The topological polar surface area (TPSA) is 32.3 Å². The molecule has 0 saturated carbocycles. The largest absolute Gasteiger partial charge is 0.395 e. The van der Waals surface area contributed by atoms with E-state index < -0.39 is 0 Å². The zero-order valence-corrected chi connectivity index (χ0v) is 9.01. The summed E-state index contributed by atoms with van der Waals surface area (Å²) < 4.78 is 0. The number of hydrogen-bond donors (Lipinski definition) is 2. The summed E-state index contributed by atoms with van der Waals surface area (Å²) in [6, 6.07) is 6.31. The van der Waals surface area contributed by atoms with Gasteiger partial charge in [-0.2, -0.15) is 0 Å². The summed E-state index contributed by atoms with van der Waals surface area (Å²) >= 11 is 0. The van der Waals surface area contributed by atoms with E-state index in [-0.39, 0.29) is 6.61 Å². The molecule has 0 fully saturated rings. The lowest BCUT2D eigenvalue weighted by molar-refractivity contribution is 0.311. The van der Waals surface area contributed by atoms with Gasteiger partial charge in [0, 0.05) is 12.2 Å². The number of anilines is 1. The van der Waals surface area contributed by atoms with Crippen LogP contribution in [0.2, 0.25) is 0 Å². The predicted octanol–water partition coefficient (Wildman–Crippen LogP) is 2.22. The predicted molar refractivity (Wildman–Crippen MR) is 60.8 cm³/mol. The monoisotopic (exact) mass is 193 g/mol. The van der Waals surface area contributed by atoms with Crippen molar-refractivity contribution in [1.29, 1.82) is 0 Å². The lowest BCUT2D eigenvalue weighted by atomic mass is 10.0. The zero-order chi connectivity index (χ0) is 10.4. The lowest BCUT2D eigenvalue weighted by Crippen LogP contribution is -2.08. The summed E-state index contributed by atoms with van der Waals surface area (Å²) in [5, 5.41) is 12.0. The molecule has 1 aromatic rings. The fraction of sp³-hybridized carbons (Fsp3) is 0.500. The van der Waals surface area contributed by atoms with Crippen molar-refractivity contribution in [3.8, 4) is 0 Å². The Hall–Kier alpha value is -1.02. The first-order chi connectivity index (χ1) is 6.83. The van der Waals surface area contributed by atoms with Crippen LogP contribution in [0.1, 0.15) is 25.0 Å². The van der Waals surface area contributed by atoms with Gasteiger partial charge in [0.2, 0.25) is 0 Å². The molecular formula is C12H19NO. The molecule has 2 nitrogen and oxygen atoms in total. The van der Waals surface area contributed by atoms with Crippen LogP contribution in [0.25, 0.3) is 0 Å². The van der Waals surface area contributed by atoms with Crippen molar-refractivity contribution in [2.24, 2.45) is 0 Å². The minimum Gasteiger partial charge on any atom is -0.395 e. The number of nitrogens with one attached hydrogen (secondary N) is 1. The van der Waals surface area contributed by atoms with E-state index in [1.807, 2.05) is 0 Å². The van der Waals surface area contributed by atoms with Crippen LogP contribution in [0.5, 0.6) is 0 Å². The summed E-state index contributed by atoms with van der Waals surface area (Å²) in [5.74, 6) is 0. The van der Waals surface area contributed by atoms with Gasteiger partial charge in [-0.1, -0.05) is 26.0 Å². The minimum absolute atomic E-state index is 0.180. The van der Waals surface area contributed by atoms with Crippen LogP contribution in [0.4, 0.5) is 5.69 Å². The standard InChI is InChI=1S/C12H19NO/c1-3-10-6-5-7-12(11(10)4-2)13-8-9-14/h5-7,13-14H,3-4,8-9H2,1-2H3. The number of rotatable bonds is 5. The van der Waals surface area contributed by atoms with Crippen LogP contribution in [-0.2, 0) is 12.8 Å². The quantitative estimate of drug-likeness (QED) is 0.751. The Labute approximate surface area is 86.0 Å². The van der Waals surface area contributed by atoms with Gasteiger partial charge in [-0.3, -0.25) is 0 Å². The Morgan fingerprint density at radius 3 is 2.57 bits per heavy atom. The van der Waals surface area contributed by atoms with Crippen molar-refractivity contribution in [3.05, 3.63) is 29.3 Å². The number of hydrogen-bond acceptors (Lipinski definition) is 2. The van der Waals surface area contributed by atoms with Crippen molar-refractivity contribution in [3.63, 3.8) is 0 Å². The van der Waals surface area contributed by atoms with Gasteiger partial charge in [-0.05, 0) is 30.0 Å². The average molecular weight is 193 g/mol. The number of aliphatic hydroxyl groups is 1. The van der Waals surface area contributed by atoms with E-state index in [4.69, 9.17) is 5.11 Å². The van der Waals surface area contributed by atoms with E-state index in [0.29, 0.717) is 6.54 Å². The molecule has 1 aromatic carbocycles. The van der Waals surface area contributed by atoms with Crippen LogP contribution in [0, 0.1) is 0 Å². The number of aliphatic hydroxyl groups excluding tert-OH is 1. The van der Waals surface area contributed by atoms with E-state index in [1.165, 1.54) is 16.8 Å². The maximum absolute atomic E-state index is 8.76. The third-order valence-electron chi connectivity index (χ3n) is 2.43. The minimum atomic E-state index is 0.180. The second-order valence-electron chi connectivity index (χ2n) is 3.30. The first-order valence-electron chi connectivity index (χ1n) is 5.29. The molecule has 0 unspecified atom stereocenters. The molecule has 0 saturated heterocycles. The zero-order valence-electron chi connectivity index (χ0n) is 9.01. The molecule has 1 rings (SSSR count). The van der Waals surface area contributed by atoms with Crippen LogP contribution in [-0.4, -0.2) is 18.3 Å². The van der Waals surface area contributed by atoms with Crippen LogP contribution in [0.15, 0.2) is 18.2 Å². The van der Waals surface area contributed by atoms with Gasteiger partial charge in [0.25, 0.3) is 0 Å².